The number of sulfonamides is 1. The Bertz CT molecular complexity index is 478. The SMILES string of the molecule is N#Cc1ccnc(NCCS(N)(=O)=O)n1. The van der Waals surface area contributed by atoms with E-state index in [-0.39, 0.29) is 23.9 Å². The molecule has 0 saturated carbocycles. The highest BCUT2D eigenvalue weighted by molar-refractivity contribution is 7.89. The fourth-order valence-corrected chi connectivity index (χ4v) is 1.20. The molecule has 1 heterocycles. The number of rotatable bonds is 4. The van der Waals surface area contributed by atoms with Crippen LogP contribution in [-0.2, 0) is 10.0 Å². The smallest absolute Gasteiger partial charge is 0.223 e. The summed E-state index contributed by atoms with van der Waals surface area (Å²) in [6, 6.07) is 3.29. The van der Waals surface area contributed by atoms with Crippen LogP contribution in [0.5, 0.6) is 0 Å². The lowest BCUT2D eigenvalue weighted by Gasteiger charge is -2.02. The Balaban J connectivity index is 2.55. The molecule has 1 aromatic rings. The average Bonchev–Trinajstić information content (AvgIpc) is 2.16. The summed E-state index contributed by atoms with van der Waals surface area (Å²) in [6.45, 7) is 0.105. The molecule has 0 unspecified atom stereocenters. The van der Waals surface area contributed by atoms with Gasteiger partial charge in [-0.15, -0.1) is 0 Å². The van der Waals surface area contributed by atoms with Gasteiger partial charge >= 0.3 is 0 Å². The van der Waals surface area contributed by atoms with E-state index < -0.39 is 10.0 Å². The van der Waals surface area contributed by atoms with Crippen molar-refractivity contribution in [2.75, 3.05) is 17.6 Å². The van der Waals surface area contributed by atoms with Crippen LogP contribution in [-0.4, -0.2) is 30.7 Å². The predicted molar refractivity (Wildman–Crippen MR) is 53.2 cm³/mol. The van der Waals surface area contributed by atoms with E-state index in [0.717, 1.165) is 0 Å². The maximum atomic E-state index is 10.6. The first-order chi connectivity index (χ1) is 7.01. The van der Waals surface area contributed by atoms with Gasteiger partial charge in [-0.3, -0.25) is 0 Å². The molecule has 15 heavy (non-hydrogen) atoms. The molecule has 1 aromatic heterocycles. The molecule has 8 heteroatoms. The molecule has 0 aliphatic rings. The van der Waals surface area contributed by atoms with Gasteiger partial charge in [0, 0.05) is 12.7 Å². The van der Waals surface area contributed by atoms with Crippen molar-refractivity contribution in [3.63, 3.8) is 0 Å². The molecule has 1 rings (SSSR count). The van der Waals surface area contributed by atoms with Crippen molar-refractivity contribution < 1.29 is 8.42 Å². The van der Waals surface area contributed by atoms with Gasteiger partial charge in [-0.1, -0.05) is 0 Å². The van der Waals surface area contributed by atoms with Gasteiger partial charge in [-0.25, -0.2) is 23.5 Å². The summed E-state index contributed by atoms with van der Waals surface area (Å²) in [5.41, 5.74) is 0.211. The molecule has 0 fully saturated rings. The normalized spacial score (nSPS) is 10.7. The topological polar surface area (TPSA) is 122 Å². The van der Waals surface area contributed by atoms with Gasteiger partial charge in [0.05, 0.1) is 5.75 Å². The van der Waals surface area contributed by atoms with E-state index in [1.807, 2.05) is 6.07 Å². The summed E-state index contributed by atoms with van der Waals surface area (Å²) in [4.78, 5) is 7.59. The van der Waals surface area contributed by atoms with Crippen LogP contribution in [0.15, 0.2) is 12.3 Å². The van der Waals surface area contributed by atoms with E-state index in [0.29, 0.717) is 0 Å². The van der Waals surface area contributed by atoms with E-state index in [2.05, 4.69) is 15.3 Å². The molecule has 0 radical (unpaired) electrons. The van der Waals surface area contributed by atoms with Gasteiger partial charge in [0.25, 0.3) is 0 Å². The van der Waals surface area contributed by atoms with Crippen molar-refractivity contribution in [2.45, 2.75) is 0 Å². The zero-order chi connectivity index (χ0) is 11.3. The number of nitrogens with one attached hydrogen (secondary N) is 1. The Kier molecular flexibility index (Phi) is 3.54. The van der Waals surface area contributed by atoms with Gasteiger partial charge < -0.3 is 5.32 Å². The summed E-state index contributed by atoms with van der Waals surface area (Å²) < 4.78 is 21.2. The zero-order valence-corrected chi connectivity index (χ0v) is 8.53. The zero-order valence-electron chi connectivity index (χ0n) is 7.71. The first-order valence-electron chi connectivity index (χ1n) is 3.99. The minimum absolute atomic E-state index is 0.105. The molecular formula is C7H9N5O2S. The second kappa shape index (κ2) is 4.68. The molecule has 0 bridgehead atoms. The van der Waals surface area contributed by atoms with Gasteiger partial charge in [0.1, 0.15) is 11.8 Å². The van der Waals surface area contributed by atoms with Gasteiger partial charge in [0.2, 0.25) is 16.0 Å². The van der Waals surface area contributed by atoms with E-state index in [9.17, 15) is 8.42 Å². The third kappa shape index (κ3) is 4.35. The van der Waals surface area contributed by atoms with Crippen LogP contribution in [0.25, 0.3) is 0 Å². The molecule has 0 spiro atoms. The third-order valence-electron chi connectivity index (χ3n) is 1.44. The molecule has 3 N–H and O–H groups in total. The summed E-state index contributed by atoms with van der Waals surface area (Å²) in [5.74, 6) is -0.00893. The average molecular weight is 227 g/mol. The second-order valence-electron chi connectivity index (χ2n) is 2.67. The monoisotopic (exact) mass is 227 g/mol. The van der Waals surface area contributed by atoms with Crippen LogP contribution in [0.3, 0.4) is 0 Å². The maximum absolute atomic E-state index is 10.6. The van der Waals surface area contributed by atoms with Crippen molar-refractivity contribution in [2.24, 2.45) is 5.14 Å². The maximum Gasteiger partial charge on any atom is 0.223 e. The number of nitrogens with two attached hydrogens (primary N) is 1. The molecule has 0 aromatic carbocycles. The number of hydrogen-bond donors (Lipinski definition) is 2. The number of aromatic nitrogens is 2. The van der Waals surface area contributed by atoms with Crippen molar-refractivity contribution >= 4 is 16.0 Å². The molecule has 80 valence electrons. The number of primary sulfonamides is 1. The molecule has 0 aliphatic heterocycles. The van der Waals surface area contributed by atoms with Crippen LogP contribution in [0.4, 0.5) is 5.95 Å². The number of nitrogens with zero attached hydrogens (tertiary/aromatic N) is 3. The number of hydrogen-bond acceptors (Lipinski definition) is 6. The standard InChI is InChI=1S/C7H9N5O2S/c8-5-6-1-2-10-7(12-6)11-3-4-15(9,13)14/h1-2H,3-4H2,(H2,9,13,14)(H,10,11,12). The predicted octanol–water partition coefficient (Wildman–Crippen LogP) is -0.951. The Morgan fingerprint density at radius 1 is 1.60 bits per heavy atom. The van der Waals surface area contributed by atoms with E-state index in [4.69, 9.17) is 10.4 Å². The van der Waals surface area contributed by atoms with Crippen molar-refractivity contribution in [3.05, 3.63) is 18.0 Å². The fraction of sp³-hybridized carbons (Fsp3) is 0.286. The minimum Gasteiger partial charge on any atom is -0.353 e. The van der Waals surface area contributed by atoms with E-state index >= 15 is 0 Å². The lowest BCUT2D eigenvalue weighted by Crippen LogP contribution is -2.22. The molecule has 0 atom stereocenters. The van der Waals surface area contributed by atoms with Crippen molar-refractivity contribution in [1.29, 1.82) is 5.26 Å². The molecule has 0 aliphatic carbocycles. The number of anilines is 1. The van der Waals surface area contributed by atoms with Crippen molar-refractivity contribution in [1.82, 2.24) is 9.97 Å². The Hall–Kier alpha value is -1.72. The highest BCUT2D eigenvalue weighted by Gasteiger charge is 2.03. The Morgan fingerprint density at radius 3 is 2.93 bits per heavy atom. The Morgan fingerprint density at radius 2 is 2.33 bits per heavy atom. The quantitative estimate of drug-likeness (QED) is 0.683. The van der Waals surface area contributed by atoms with E-state index in [1.54, 1.807) is 0 Å². The molecule has 0 amide bonds. The highest BCUT2D eigenvalue weighted by Crippen LogP contribution is 1.98. The summed E-state index contributed by atoms with van der Waals surface area (Å²) >= 11 is 0. The minimum atomic E-state index is -3.49. The summed E-state index contributed by atoms with van der Waals surface area (Å²) in [6.07, 6.45) is 1.41. The summed E-state index contributed by atoms with van der Waals surface area (Å²) in [5, 5.41) is 16.0. The molecular weight excluding hydrogens is 218 g/mol. The lowest BCUT2D eigenvalue weighted by atomic mass is 10.4. The van der Waals surface area contributed by atoms with Crippen LogP contribution in [0.1, 0.15) is 5.69 Å². The molecule has 0 saturated heterocycles. The number of nitriles is 1. The Labute approximate surface area is 87.0 Å². The second-order valence-corrected chi connectivity index (χ2v) is 4.41. The van der Waals surface area contributed by atoms with Crippen molar-refractivity contribution in [3.8, 4) is 6.07 Å². The van der Waals surface area contributed by atoms with Crippen LogP contribution in [0.2, 0.25) is 0 Å². The van der Waals surface area contributed by atoms with Crippen LogP contribution >= 0.6 is 0 Å². The highest BCUT2D eigenvalue weighted by atomic mass is 32.2. The third-order valence-corrected chi connectivity index (χ3v) is 2.21. The largest absolute Gasteiger partial charge is 0.353 e. The van der Waals surface area contributed by atoms with Gasteiger partial charge in [0.15, 0.2) is 0 Å². The first kappa shape index (κ1) is 11.4. The first-order valence-corrected chi connectivity index (χ1v) is 5.70. The lowest BCUT2D eigenvalue weighted by molar-refractivity contribution is 0.598. The summed E-state index contributed by atoms with van der Waals surface area (Å²) in [7, 11) is -3.49. The van der Waals surface area contributed by atoms with Crippen LogP contribution < -0.4 is 10.5 Å². The fourth-order valence-electron chi connectivity index (χ4n) is 0.811. The van der Waals surface area contributed by atoms with E-state index in [1.165, 1.54) is 12.3 Å². The van der Waals surface area contributed by atoms with Gasteiger partial charge in [-0.05, 0) is 6.07 Å². The van der Waals surface area contributed by atoms with Crippen LogP contribution in [0, 0.1) is 11.3 Å². The van der Waals surface area contributed by atoms with Gasteiger partial charge in [-0.2, -0.15) is 5.26 Å². The molecule has 7 nitrogen and oxygen atoms in total.